The number of hydrogen-bond donors (Lipinski definition) is 0. The first-order valence-corrected chi connectivity index (χ1v) is 5.44. The number of benzene rings is 2. The van der Waals surface area contributed by atoms with E-state index in [4.69, 9.17) is 4.74 Å². The van der Waals surface area contributed by atoms with Crippen LogP contribution in [0.4, 0.5) is 0 Å². The lowest BCUT2D eigenvalue weighted by molar-refractivity contribution is 0.357. The summed E-state index contributed by atoms with van der Waals surface area (Å²) in [5.74, 6) is 0.932. The molecule has 0 saturated heterocycles. The molecule has 0 aromatic heterocycles. The second-order valence-corrected chi connectivity index (χ2v) is 3.62. The van der Waals surface area contributed by atoms with Crippen LogP contribution >= 0.6 is 0 Å². The Labute approximate surface area is 96.7 Å². The van der Waals surface area contributed by atoms with Crippen LogP contribution in [0.2, 0.25) is 0 Å². The van der Waals surface area contributed by atoms with E-state index in [0.29, 0.717) is 6.61 Å². The molecule has 0 N–H and O–H groups in total. The Balaban J connectivity index is 2.21. The maximum Gasteiger partial charge on any atom is 0.122 e. The van der Waals surface area contributed by atoms with E-state index in [1.54, 1.807) is 0 Å². The van der Waals surface area contributed by atoms with Crippen molar-refractivity contribution in [3.63, 3.8) is 0 Å². The highest BCUT2D eigenvalue weighted by Crippen LogP contribution is 2.21. The van der Waals surface area contributed by atoms with Gasteiger partial charge in [-0.15, -0.1) is 0 Å². The lowest BCUT2D eigenvalue weighted by Gasteiger charge is -2.09. The van der Waals surface area contributed by atoms with Crippen LogP contribution in [-0.4, -0.2) is 6.61 Å². The van der Waals surface area contributed by atoms with Gasteiger partial charge in [-0.3, -0.25) is 0 Å². The van der Waals surface area contributed by atoms with Crippen LogP contribution in [0, 0.1) is 6.92 Å². The van der Waals surface area contributed by atoms with Crippen LogP contribution in [0.1, 0.15) is 11.1 Å². The van der Waals surface area contributed by atoms with Crippen LogP contribution in [0.15, 0.2) is 54.6 Å². The largest absolute Gasteiger partial charge is 0.493 e. The summed E-state index contributed by atoms with van der Waals surface area (Å²) < 4.78 is 5.50. The Morgan fingerprint density at radius 2 is 1.56 bits per heavy atom. The molecule has 2 rings (SSSR count). The second kappa shape index (κ2) is 5.36. The minimum Gasteiger partial charge on any atom is -0.493 e. The quantitative estimate of drug-likeness (QED) is 0.752. The Bertz CT molecular complexity index is 434. The molecule has 0 aliphatic rings. The maximum atomic E-state index is 5.50. The number of para-hydroxylation sites is 1. The Hall–Kier alpha value is -1.76. The molecular weight excluding hydrogens is 196 g/mol. The summed E-state index contributed by atoms with van der Waals surface area (Å²) in [4.78, 5) is 0. The minimum atomic E-state index is 0.464. The van der Waals surface area contributed by atoms with Gasteiger partial charge in [0.05, 0.1) is 6.61 Å². The molecule has 0 bridgehead atoms. The molecule has 2 aromatic rings. The number of hydrogen-bond acceptors (Lipinski definition) is 1. The van der Waals surface area contributed by atoms with Crippen molar-refractivity contribution >= 4 is 0 Å². The smallest absolute Gasteiger partial charge is 0.122 e. The predicted octanol–water partition coefficient (Wildman–Crippen LogP) is 3.49. The van der Waals surface area contributed by atoms with Gasteiger partial charge in [0.1, 0.15) is 5.75 Å². The summed E-state index contributed by atoms with van der Waals surface area (Å²) in [7, 11) is 0. The van der Waals surface area contributed by atoms with E-state index in [-0.39, 0.29) is 0 Å². The molecule has 1 radical (unpaired) electrons. The standard InChI is InChI=1S/C15H15O/c1-2-16-15-11-7-6-10-14(15)12-13-8-4-3-5-9-13/h3-11H,1-2,12H2. The average Bonchev–Trinajstić information content (AvgIpc) is 2.33. The Kier molecular flexibility index (Phi) is 3.60. The lowest BCUT2D eigenvalue weighted by Crippen LogP contribution is -1.97. The van der Waals surface area contributed by atoms with Crippen molar-refractivity contribution < 1.29 is 4.74 Å². The van der Waals surface area contributed by atoms with Gasteiger partial charge in [-0.05, 0) is 24.1 Å². The van der Waals surface area contributed by atoms with E-state index in [2.05, 4.69) is 37.3 Å². The fourth-order valence-electron chi connectivity index (χ4n) is 1.72. The van der Waals surface area contributed by atoms with Gasteiger partial charge in [-0.2, -0.15) is 0 Å². The van der Waals surface area contributed by atoms with Crippen molar-refractivity contribution in [3.8, 4) is 5.75 Å². The van der Waals surface area contributed by atoms with Gasteiger partial charge in [0.15, 0.2) is 0 Å². The van der Waals surface area contributed by atoms with Crippen molar-refractivity contribution in [2.75, 3.05) is 6.61 Å². The van der Waals surface area contributed by atoms with Gasteiger partial charge in [-0.1, -0.05) is 48.5 Å². The third-order valence-electron chi connectivity index (χ3n) is 2.47. The molecule has 2 aromatic carbocycles. The monoisotopic (exact) mass is 211 g/mol. The zero-order valence-electron chi connectivity index (χ0n) is 9.23. The van der Waals surface area contributed by atoms with Crippen molar-refractivity contribution in [3.05, 3.63) is 72.6 Å². The summed E-state index contributed by atoms with van der Waals surface area (Å²) in [6, 6.07) is 18.5. The first-order chi connectivity index (χ1) is 7.90. The minimum absolute atomic E-state index is 0.464. The zero-order chi connectivity index (χ0) is 11.2. The fourth-order valence-corrected chi connectivity index (χ4v) is 1.72. The summed E-state index contributed by atoms with van der Waals surface area (Å²) in [5, 5.41) is 0. The molecule has 0 heterocycles. The highest BCUT2D eigenvalue weighted by atomic mass is 16.5. The lowest BCUT2D eigenvalue weighted by atomic mass is 10.0. The van der Waals surface area contributed by atoms with Gasteiger partial charge in [0, 0.05) is 6.42 Å². The Morgan fingerprint density at radius 1 is 0.875 bits per heavy atom. The highest BCUT2D eigenvalue weighted by molar-refractivity contribution is 5.37. The van der Waals surface area contributed by atoms with E-state index in [1.165, 1.54) is 11.1 Å². The van der Waals surface area contributed by atoms with Crippen LogP contribution < -0.4 is 4.74 Å². The maximum absolute atomic E-state index is 5.50. The van der Waals surface area contributed by atoms with Gasteiger partial charge < -0.3 is 4.74 Å². The molecule has 0 saturated carbocycles. The highest BCUT2D eigenvalue weighted by Gasteiger charge is 2.02. The van der Waals surface area contributed by atoms with Crippen molar-refractivity contribution in [1.29, 1.82) is 0 Å². The van der Waals surface area contributed by atoms with E-state index in [0.717, 1.165) is 12.2 Å². The van der Waals surface area contributed by atoms with E-state index in [9.17, 15) is 0 Å². The third-order valence-corrected chi connectivity index (χ3v) is 2.47. The molecule has 0 spiro atoms. The average molecular weight is 211 g/mol. The zero-order valence-corrected chi connectivity index (χ0v) is 9.23. The summed E-state index contributed by atoms with van der Waals surface area (Å²) >= 11 is 0. The molecule has 0 unspecified atom stereocenters. The van der Waals surface area contributed by atoms with E-state index >= 15 is 0 Å². The van der Waals surface area contributed by atoms with Gasteiger partial charge in [0.25, 0.3) is 0 Å². The van der Waals surface area contributed by atoms with Crippen molar-refractivity contribution in [2.24, 2.45) is 0 Å². The molecule has 81 valence electrons. The van der Waals surface area contributed by atoms with Crippen LogP contribution in [-0.2, 0) is 6.42 Å². The number of rotatable bonds is 4. The molecule has 16 heavy (non-hydrogen) atoms. The summed E-state index contributed by atoms with van der Waals surface area (Å²) in [5.41, 5.74) is 2.50. The molecule has 0 amide bonds. The summed E-state index contributed by atoms with van der Waals surface area (Å²) in [6.45, 7) is 4.17. The predicted molar refractivity (Wildman–Crippen MR) is 66.5 cm³/mol. The second-order valence-electron chi connectivity index (χ2n) is 3.62. The molecule has 1 heteroatoms. The van der Waals surface area contributed by atoms with E-state index < -0.39 is 0 Å². The van der Waals surface area contributed by atoms with Crippen molar-refractivity contribution in [2.45, 2.75) is 6.42 Å². The topological polar surface area (TPSA) is 9.23 Å². The normalized spacial score (nSPS) is 10.1. The van der Waals surface area contributed by atoms with Crippen LogP contribution in [0.5, 0.6) is 5.75 Å². The molecule has 1 nitrogen and oxygen atoms in total. The molecule has 0 fully saturated rings. The van der Waals surface area contributed by atoms with Gasteiger partial charge in [0.2, 0.25) is 0 Å². The SMILES string of the molecule is [CH2]COc1ccccc1Cc1ccccc1. The first-order valence-electron chi connectivity index (χ1n) is 5.44. The molecule has 0 atom stereocenters. The fraction of sp³-hybridized carbons (Fsp3) is 0.133. The van der Waals surface area contributed by atoms with Crippen LogP contribution in [0.25, 0.3) is 0 Å². The van der Waals surface area contributed by atoms with E-state index in [1.807, 2.05) is 24.3 Å². The number of ether oxygens (including phenoxy) is 1. The first kappa shape index (κ1) is 10.7. The van der Waals surface area contributed by atoms with Crippen LogP contribution in [0.3, 0.4) is 0 Å². The summed E-state index contributed by atoms with van der Waals surface area (Å²) in [6.07, 6.45) is 0.900. The third kappa shape index (κ3) is 2.63. The van der Waals surface area contributed by atoms with Crippen molar-refractivity contribution in [1.82, 2.24) is 0 Å². The molecule has 0 aliphatic carbocycles. The Morgan fingerprint density at radius 3 is 2.31 bits per heavy atom. The van der Waals surface area contributed by atoms with Gasteiger partial charge in [-0.25, -0.2) is 0 Å². The molecule has 0 aliphatic heterocycles. The van der Waals surface area contributed by atoms with Gasteiger partial charge >= 0.3 is 0 Å². The molecular formula is C15H15O.